The van der Waals surface area contributed by atoms with Crippen molar-refractivity contribution in [3.05, 3.63) is 71.4 Å². The van der Waals surface area contributed by atoms with Crippen LogP contribution in [0.25, 0.3) is 0 Å². The average molecular weight is 394 g/mol. The minimum atomic E-state index is 0.635. The maximum Gasteiger partial charge on any atom is 0.229 e. The van der Waals surface area contributed by atoms with Gasteiger partial charge < -0.3 is 15.1 Å². The molecule has 0 bridgehead atoms. The van der Waals surface area contributed by atoms with Crippen molar-refractivity contribution in [2.45, 2.75) is 13.3 Å². The zero-order chi connectivity index (χ0) is 19.3. The smallest absolute Gasteiger partial charge is 0.229 e. The van der Waals surface area contributed by atoms with Crippen molar-refractivity contribution in [1.82, 2.24) is 9.97 Å². The van der Waals surface area contributed by atoms with Crippen molar-refractivity contribution in [2.24, 2.45) is 0 Å². The lowest BCUT2D eigenvalue weighted by Gasteiger charge is -2.36. The van der Waals surface area contributed by atoms with Crippen LogP contribution in [0.3, 0.4) is 0 Å². The van der Waals surface area contributed by atoms with E-state index >= 15 is 0 Å². The second-order valence-corrected chi connectivity index (χ2v) is 7.26. The van der Waals surface area contributed by atoms with Gasteiger partial charge in [-0.1, -0.05) is 42.8 Å². The normalized spacial score (nSPS) is 14.2. The van der Waals surface area contributed by atoms with E-state index in [2.05, 4.69) is 51.3 Å². The predicted molar refractivity (Wildman–Crippen MR) is 117 cm³/mol. The largest absolute Gasteiger partial charge is 0.368 e. The van der Waals surface area contributed by atoms with Crippen LogP contribution in [0.5, 0.6) is 0 Å². The molecule has 1 aliphatic rings. The van der Waals surface area contributed by atoms with E-state index in [4.69, 9.17) is 16.6 Å². The number of nitrogens with zero attached hydrogens (tertiary/aromatic N) is 4. The molecule has 1 aromatic heterocycles. The number of aryl methyl sites for hydroxylation is 1. The SMILES string of the molecule is CCc1ccccc1Nc1nccc(N2CCN(c3cccc(Cl)c3)CC2)n1. The Morgan fingerprint density at radius 1 is 0.964 bits per heavy atom. The third-order valence-electron chi connectivity index (χ3n) is 5.06. The summed E-state index contributed by atoms with van der Waals surface area (Å²) >= 11 is 6.13. The Hall–Kier alpha value is -2.79. The third kappa shape index (κ3) is 4.20. The summed E-state index contributed by atoms with van der Waals surface area (Å²) in [6.45, 7) is 5.85. The van der Waals surface area contributed by atoms with Gasteiger partial charge in [0.25, 0.3) is 0 Å². The molecule has 1 aliphatic heterocycles. The van der Waals surface area contributed by atoms with Crippen molar-refractivity contribution in [3.63, 3.8) is 0 Å². The molecule has 1 N–H and O–H groups in total. The van der Waals surface area contributed by atoms with Crippen LogP contribution < -0.4 is 15.1 Å². The summed E-state index contributed by atoms with van der Waals surface area (Å²) in [5.74, 6) is 1.59. The van der Waals surface area contributed by atoms with Gasteiger partial charge in [-0.05, 0) is 42.3 Å². The highest BCUT2D eigenvalue weighted by Gasteiger charge is 2.19. The molecule has 0 atom stereocenters. The molecule has 5 nitrogen and oxygen atoms in total. The van der Waals surface area contributed by atoms with Crippen LogP contribution in [0.1, 0.15) is 12.5 Å². The first-order chi connectivity index (χ1) is 13.7. The molecule has 3 aromatic rings. The first-order valence-corrected chi connectivity index (χ1v) is 10.0. The van der Waals surface area contributed by atoms with Gasteiger partial charge in [0, 0.05) is 48.8 Å². The molecular formula is C22H24ClN5. The molecule has 0 unspecified atom stereocenters. The molecule has 0 amide bonds. The van der Waals surface area contributed by atoms with Gasteiger partial charge in [0.1, 0.15) is 5.82 Å². The number of aromatic nitrogens is 2. The number of halogens is 1. The molecule has 1 saturated heterocycles. The van der Waals surface area contributed by atoms with Crippen LogP contribution in [0.2, 0.25) is 5.02 Å². The monoisotopic (exact) mass is 393 g/mol. The second-order valence-electron chi connectivity index (χ2n) is 6.83. The van der Waals surface area contributed by atoms with E-state index < -0.39 is 0 Å². The van der Waals surface area contributed by atoms with Crippen molar-refractivity contribution in [1.29, 1.82) is 0 Å². The van der Waals surface area contributed by atoms with Gasteiger partial charge >= 0.3 is 0 Å². The Morgan fingerprint density at radius 2 is 1.75 bits per heavy atom. The topological polar surface area (TPSA) is 44.3 Å². The molecule has 4 rings (SSSR count). The van der Waals surface area contributed by atoms with Gasteiger partial charge in [-0.2, -0.15) is 4.98 Å². The van der Waals surface area contributed by atoms with E-state index in [1.165, 1.54) is 11.3 Å². The zero-order valence-corrected chi connectivity index (χ0v) is 16.7. The summed E-state index contributed by atoms with van der Waals surface area (Å²) in [5, 5.41) is 4.15. The molecule has 0 saturated carbocycles. The van der Waals surface area contributed by atoms with Gasteiger partial charge in [0.15, 0.2) is 0 Å². The van der Waals surface area contributed by atoms with Crippen LogP contribution in [-0.2, 0) is 6.42 Å². The zero-order valence-electron chi connectivity index (χ0n) is 16.0. The lowest BCUT2D eigenvalue weighted by molar-refractivity contribution is 0.647. The predicted octanol–water partition coefficient (Wildman–Crippen LogP) is 4.76. The molecule has 0 spiro atoms. The minimum Gasteiger partial charge on any atom is -0.368 e. The molecule has 1 fully saturated rings. The maximum atomic E-state index is 6.13. The molecule has 0 radical (unpaired) electrons. The molecular weight excluding hydrogens is 370 g/mol. The highest BCUT2D eigenvalue weighted by molar-refractivity contribution is 6.30. The number of para-hydroxylation sites is 1. The summed E-state index contributed by atoms with van der Waals surface area (Å²) in [6.07, 6.45) is 2.79. The minimum absolute atomic E-state index is 0.635. The summed E-state index contributed by atoms with van der Waals surface area (Å²) in [5.41, 5.74) is 3.49. The van der Waals surface area contributed by atoms with Gasteiger partial charge in [-0.3, -0.25) is 0 Å². The average Bonchev–Trinajstić information content (AvgIpc) is 2.74. The highest BCUT2D eigenvalue weighted by atomic mass is 35.5. The van der Waals surface area contributed by atoms with E-state index in [9.17, 15) is 0 Å². The quantitative estimate of drug-likeness (QED) is 0.676. The first-order valence-electron chi connectivity index (χ1n) is 9.66. The molecule has 0 aliphatic carbocycles. The number of nitrogens with one attached hydrogen (secondary N) is 1. The van der Waals surface area contributed by atoms with E-state index in [-0.39, 0.29) is 0 Å². The van der Waals surface area contributed by atoms with Crippen LogP contribution in [0.15, 0.2) is 60.8 Å². The maximum absolute atomic E-state index is 6.13. The summed E-state index contributed by atoms with van der Waals surface area (Å²) < 4.78 is 0. The van der Waals surface area contributed by atoms with E-state index in [1.807, 2.05) is 36.5 Å². The number of hydrogen-bond donors (Lipinski definition) is 1. The first kappa shape index (κ1) is 18.6. The molecule has 144 valence electrons. The highest BCUT2D eigenvalue weighted by Crippen LogP contribution is 2.24. The molecule has 28 heavy (non-hydrogen) atoms. The van der Waals surface area contributed by atoms with Gasteiger partial charge in [0.2, 0.25) is 5.95 Å². The van der Waals surface area contributed by atoms with E-state index in [1.54, 1.807) is 0 Å². The van der Waals surface area contributed by atoms with Crippen LogP contribution in [-0.4, -0.2) is 36.1 Å². The Balaban J connectivity index is 1.44. The van der Waals surface area contributed by atoms with Crippen LogP contribution in [0, 0.1) is 0 Å². The van der Waals surface area contributed by atoms with Crippen LogP contribution in [0.4, 0.5) is 23.1 Å². The standard InChI is InChI=1S/C22H24ClN5/c1-2-17-6-3-4-9-20(17)25-22-24-11-10-21(26-22)28-14-12-27(13-15-28)19-8-5-7-18(23)16-19/h3-11,16H,2,12-15H2,1H3,(H,24,25,26). The third-order valence-corrected chi connectivity index (χ3v) is 5.30. The van der Waals surface area contributed by atoms with E-state index in [0.29, 0.717) is 5.95 Å². The van der Waals surface area contributed by atoms with Gasteiger partial charge in [-0.15, -0.1) is 0 Å². The van der Waals surface area contributed by atoms with Gasteiger partial charge in [0.05, 0.1) is 0 Å². The second kappa shape index (κ2) is 8.48. The molecule has 2 aromatic carbocycles. The fourth-order valence-corrected chi connectivity index (χ4v) is 3.71. The van der Waals surface area contributed by atoms with Crippen LogP contribution >= 0.6 is 11.6 Å². The van der Waals surface area contributed by atoms with Crippen molar-refractivity contribution in [2.75, 3.05) is 41.3 Å². The Labute approximate surface area is 171 Å². The van der Waals surface area contributed by atoms with Crippen molar-refractivity contribution in [3.8, 4) is 0 Å². The van der Waals surface area contributed by atoms with Crippen molar-refractivity contribution >= 4 is 34.7 Å². The molecule has 2 heterocycles. The Bertz CT molecular complexity index is 937. The number of piperazine rings is 1. The lowest BCUT2D eigenvalue weighted by atomic mass is 10.1. The lowest BCUT2D eigenvalue weighted by Crippen LogP contribution is -2.46. The van der Waals surface area contributed by atoms with Gasteiger partial charge in [-0.25, -0.2) is 4.98 Å². The number of rotatable bonds is 5. The Morgan fingerprint density at radius 3 is 2.54 bits per heavy atom. The Kier molecular flexibility index (Phi) is 5.63. The van der Waals surface area contributed by atoms with E-state index in [0.717, 1.165) is 49.1 Å². The summed E-state index contributed by atoms with van der Waals surface area (Å²) in [6, 6.07) is 18.3. The fraction of sp³-hybridized carbons (Fsp3) is 0.273. The fourth-order valence-electron chi connectivity index (χ4n) is 3.52. The number of hydrogen-bond acceptors (Lipinski definition) is 5. The molecule has 6 heteroatoms. The number of anilines is 4. The summed E-state index contributed by atoms with van der Waals surface area (Å²) in [4.78, 5) is 13.8. The number of benzene rings is 2. The van der Waals surface area contributed by atoms with Crippen molar-refractivity contribution < 1.29 is 0 Å². The summed E-state index contributed by atoms with van der Waals surface area (Å²) in [7, 11) is 0.